The standard InChI is InChI=1S/C25H23F3N2O4/c26-25(27,28)17-3-5-19-16(14-24(34-21(19)12-17)7-9-33-10-8-24)11-23(32)29-18-4-1-15-2-6-22(31)30-20(15)13-18/h1,3-5,11-13H,2,6-10,14H2,(H,29,32)(H,30,31). The van der Waals surface area contributed by atoms with Gasteiger partial charge in [0.05, 0.1) is 18.8 Å². The van der Waals surface area contributed by atoms with E-state index in [1.165, 1.54) is 12.1 Å². The number of carbonyl (C=O) groups is 2. The van der Waals surface area contributed by atoms with E-state index in [1.807, 2.05) is 6.07 Å². The number of nitrogens with one attached hydrogen (secondary N) is 2. The lowest BCUT2D eigenvalue weighted by atomic mass is 9.81. The molecule has 2 aromatic carbocycles. The highest BCUT2D eigenvalue weighted by atomic mass is 19.4. The first-order valence-corrected chi connectivity index (χ1v) is 11.1. The molecule has 0 aromatic heterocycles. The highest BCUT2D eigenvalue weighted by molar-refractivity contribution is 6.05. The summed E-state index contributed by atoms with van der Waals surface area (Å²) in [6.45, 7) is 0.878. The summed E-state index contributed by atoms with van der Waals surface area (Å²) in [5.41, 5.74) is 1.75. The second-order valence-electron chi connectivity index (χ2n) is 8.86. The lowest BCUT2D eigenvalue weighted by Gasteiger charge is -2.42. The van der Waals surface area contributed by atoms with Gasteiger partial charge in [0.1, 0.15) is 11.4 Å². The number of carbonyl (C=O) groups excluding carboxylic acids is 2. The van der Waals surface area contributed by atoms with Crippen molar-refractivity contribution >= 4 is 28.8 Å². The van der Waals surface area contributed by atoms with Crippen molar-refractivity contribution in [2.45, 2.75) is 43.9 Å². The Kier molecular flexibility index (Phi) is 5.59. The van der Waals surface area contributed by atoms with E-state index in [0.717, 1.165) is 17.7 Å². The lowest BCUT2D eigenvalue weighted by molar-refractivity contribution is -0.138. The maximum absolute atomic E-state index is 13.3. The van der Waals surface area contributed by atoms with E-state index in [4.69, 9.17) is 9.47 Å². The molecule has 2 N–H and O–H groups in total. The second kappa shape index (κ2) is 8.47. The molecule has 1 spiro atoms. The lowest BCUT2D eigenvalue weighted by Crippen LogP contribution is -2.44. The van der Waals surface area contributed by atoms with Crippen molar-refractivity contribution in [3.8, 4) is 5.75 Å². The van der Waals surface area contributed by atoms with Gasteiger partial charge in [-0.3, -0.25) is 9.59 Å². The number of hydrogen-bond donors (Lipinski definition) is 2. The molecular weight excluding hydrogens is 449 g/mol. The summed E-state index contributed by atoms with van der Waals surface area (Å²) in [7, 11) is 0. The average Bonchev–Trinajstić information content (AvgIpc) is 2.78. The van der Waals surface area contributed by atoms with Crippen LogP contribution >= 0.6 is 0 Å². The van der Waals surface area contributed by atoms with Gasteiger partial charge in [-0.15, -0.1) is 0 Å². The van der Waals surface area contributed by atoms with E-state index >= 15 is 0 Å². The molecular formula is C25H23F3N2O4. The van der Waals surface area contributed by atoms with Gasteiger partial charge in [-0.05, 0) is 41.8 Å². The molecule has 178 valence electrons. The first-order valence-electron chi connectivity index (χ1n) is 11.1. The summed E-state index contributed by atoms with van der Waals surface area (Å²) in [5.74, 6) is -0.359. The monoisotopic (exact) mass is 472 g/mol. The number of benzene rings is 2. The third-order valence-corrected chi connectivity index (χ3v) is 6.48. The third-order valence-electron chi connectivity index (χ3n) is 6.48. The Labute approximate surface area is 194 Å². The molecule has 1 fully saturated rings. The van der Waals surface area contributed by atoms with Gasteiger partial charge in [0.15, 0.2) is 0 Å². The highest BCUT2D eigenvalue weighted by Crippen LogP contribution is 2.46. The fourth-order valence-corrected chi connectivity index (χ4v) is 4.70. The topological polar surface area (TPSA) is 76.7 Å². The van der Waals surface area contributed by atoms with Crippen LogP contribution in [0.15, 0.2) is 42.5 Å². The highest BCUT2D eigenvalue weighted by Gasteiger charge is 2.41. The Morgan fingerprint density at radius 2 is 1.88 bits per heavy atom. The molecule has 0 aliphatic carbocycles. The van der Waals surface area contributed by atoms with Crippen molar-refractivity contribution in [1.29, 1.82) is 0 Å². The Hall–Kier alpha value is -3.33. The molecule has 0 atom stereocenters. The van der Waals surface area contributed by atoms with Crippen LogP contribution in [-0.4, -0.2) is 30.6 Å². The maximum atomic E-state index is 13.3. The minimum absolute atomic E-state index is 0.0723. The molecule has 3 aliphatic heterocycles. The van der Waals surface area contributed by atoms with Crippen molar-refractivity contribution in [2.75, 3.05) is 23.8 Å². The van der Waals surface area contributed by atoms with Crippen LogP contribution in [0.4, 0.5) is 24.5 Å². The van der Waals surface area contributed by atoms with Crippen molar-refractivity contribution in [3.63, 3.8) is 0 Å². The quantitative estimate of drug-likeness (QED) is 0.607. The molecule has 9 heteroatoms. The summed E-state index contributed by atoms with van der Waals surface area (Å²) in [6.07, 6.45) is -0.580. The van der Waals surface area contributed by atoms with E-state index in [9.17, 15) is 22.8 Å². The first-order chi connectivity index (χ1) is 16.2. The number of rotatable bonds is 2. The van der Waals surface area contributed by atoms with E-state index in [-0.39, 0.29) is 11.7 Å². The maximum Gasteiger partial charge on any atom is 0.416 e. The molecule has 5 rings (SSSR count). The number of ether oxygens (including phenoxy) is 2. The summed E-state index contributed by atoms with van der Waals surface area (Å²) in [5, 5.41) is 5.60. The van der Waals surface area contributed by atoms with Gasteiger partial charge in [-0.25, -0.2) is 0 Å². The largest absolute Gasteiger partial charge is 0.486 e. The van der Waals surface area contributed by atoms with E-state index in [2.05, 4.69) is 10.6 Å². The van der Waals surface area contributed by atoms with Crippen molar-refractivity contribution in [3.05, 3.63) is 59.2 Å². The smallest absolute Gasteiger partial charge is 0.416 e. The van der Waals surface area contributed by atoms with Gasteiger partial charge >= 0.3 is 6.18 Å². The average molecular weight is 472 g/mol. The predicted octanol–water partition coefficient (Wildman–Crippen LogP) is 4.94. The molecule has 0 bridgehead atoms. The summed E-state index contributed by atoms with van der Waals surface area (Å²) >= 11 is 0. The van der Waals surface area contributed by atoms with Gasteiger partial charge in [0, 0.05) is 48.7 Å². The Morgan fingerprint density at radius 1 is 1.09 bits per heavy atom. The van der Waals surface area contributed by atoms with Gasteiger partial charge in [0.25, 0.3) is 0 Å². The predicted molar refractivity (Wildman–Crippen MR) is 119 cm³/mol. The van der Waals surface area contributed by atoms with Crippen LogP contribution in [0, 0.1) is 0 Å². The van der Waals surface area contributed by atoms with Crippen LogP contribution in [-0.2, 0) is 26.9 Å². The molecule has 34 heavy (non-hydrogen) atoms. The Bertz CT molecular complexity index is 1180. The molecule has 3 aliphatic rings. The zero-order valence-corrected chi connectivity index (χ0v) is 18.3. The van der Waals surface area contributed by atoms with Crippen LogP contribution in [0.2, 0.25) is 0 Å². The Morgan fingerprint density at radius 3 is 2.65 bits per heavy atom. The molecule has 6 nitrogen and oxygen atoms in total. The SMILES string of the molecule is O=C(C=C1CC2(CCOCC2)Oc2cc(C(F)(F)F)ccc21)Nc1ccc2c(c1)NC(=O)CC2. The number of anilines is 2. The number of aryl methyl sites for hydroxylation is 1. The number of fused-ring (bicyclic) bond motifs is 2. The number of alkyl halides is 3. The number of halogens is 3. The van der Waals surface area contributed by atoms with E-state index in [0.29, 0.717) is 67.8 Å². The second-order valence-corrected chi connectivity index (χ2v) is 8.86. The van der Waals surface area contributed by atoms with Gasteiger partial charge in [-0.1, -0.05) is 12.1 Å². The summed E-state index contributed by atoms with van der Waals surface area (Å²) in [6, 6.07) is 8.69. The first kappa shape index (κ1) is 22.5. The molecule has 0 radical (unpaired) electrons. The zero-order valence-electron chi connectivity index (χ0n) is 18.3. The molecule has 2 aromatic rings. The van der Waals surface area contributed by atoms with Gasteiger partial charge in [-0.2, -0.15) is 13.2 Å². The van der Waals surface area contributed by atoms with Crippen molar-refractivity contribution < 1.29 is 32.2 Å². The van der Waals surface area contributed by atoms with Crippen LogP contribution in [0.3, 0.4) is 0 Å². The third kappa shape index (κ3) is 4.52. The van der Waals surface area contributed by atoms with Crippen LogP contribution in [0.25, 0.3) is 5.57 Å². The fourth-order valence-electron chi connectivity index (χ4n) is 4.70. The molecule has 0 saturated carbocycles. The van der Waals surface area contributed by atoms with Crippen molar-refractivity contribution in [1.82, 2.24) is 0 Å². The van der Waals surface area contributed by atoms with Gasteiger partial charge in [0.2, 0.25) is 11.8 Å². The number of hydrogen-bond acceptors (Lipinski definition) is 4. The zero-order chi connectivity index (χ0) is 23.9. The van der Waals surface area contributed by atoms with E-state index in [1.54, 1.807) is 12.1 Å². The fraction of sp³-hybridized carbons (Fsp3) is 0.360. The summed E-state index contributed by atoms with van der Waals surface area (Å²) in [4.78, 5) is 24.6. The van der Waals surface area contributed by atoms with E-state index < -0.39 is 23.2 Å². The van der Waals surface area contributed by atoms with Crippen LogP contribution in [0.1, 0.15) is 42.4 Å². The summed E-state index contributed by atoms with van der Waals surface area (Å²) < 4.78 is 51.4. The molecule has 2 amide bonds. The Balaban J connectivity index is 1.44. The van der Waals surface area contributed by atoms with Crippen molar-refractivity contribution in [2.24, 2.45) is 0 Å². The molecule has 3 heterocycles. The van der Waals surface area contributed by atoms with Gasteiger partial charge < -0.3 is 20.1 Å². The normalized spacial score (nSPS) is 20.2. The minimum atomic E-state index is -4.50. The van der Waals surface area contributed by atoms with Crippen LogP contribution in [0.5, 0.6) is 5.75 Å². The van der Waals surface area contributed by atoms with Crippen LogP contribution < -0.4 is 15.4 Å². The minimum Gasteiger partial charge on any atom is -0.486 e. The molecule has 0 unspecified atom stereocenters. The molecule has 1 saturated heterocycles. The number of amides is 2.